The van der Waals surface area contributed by atoms with E-state index in [-0.39, 0.29) is 17.9 Å². The number of benzene rings is 1. The Morgan fingerprint density at radius 2 is 1.88 bits per heavy atom. The molecule has 1 amide bonds. The smallest absolute Gasteiger partial charge is 0.246 e. The van der Waals surface area contributed by atoms with Gasteiger partial charge in [-0.3, -0.25) is 4.79 Å². The average molecular weight is 370 g/mol. The molecule has 4 rings (SSSR count). The molecule has 1 saturated heterocycles. The quantitative estimate of drug-likeness (QED) is 0.779. The molecule has 0 bridgehead atoms. The van der Waals surface area contributed by atoms with Crippen molar-refractivity contribution in [3.63, 3.8) is 0 Å². The summed E-state index contributed by atoms with van der Waals surface area (Å²) in [5, 5.41) is 6.47. The van der Waals surface area contributed by atoms with Crippen LogP contribution >= 0.6 is 11.6 Å². The number of piperidine rings is 1. The highest BCUT2D eigenvalue weighted by Gasteiger charge is 2.35. The van der Waals surface area contributed by atoms with Crippen LogP contribution in [0.15, 0.2) is 47.7 Å². The summed E-state index contributed by atoms with van der Waals surface area (Å²) in [5.74, 6) is 0.718. The van der Waals surface area contributed by atoms with Gasteiger partial charge in [-0.1, -0.05) is 41.9 Å². The first-order chi connectivity index (χ1) is 12.7. The third-order valence-electron chi connectivity index (χ3n) is 4.98. The van der Waals surface area contributed by atoms with Crippen molar-refractivity contribution < 1.29 is 4.79 Å². The fourth-order valence-electron chi connectivity index (χ4n) is 3.57. The zero-order valence-corrected chi connectivity index (χ0v) is 15.1. The second-order valence-corrected chi connectivity index (χ2v) is 6.97. The fraction of sp³-hybridized carbons (Fsp3) is 0.368. The Morgan fingerprint density at radius 3 is 2.62 bits per heavy atom. The lowest BCUT2D eigenvalue weighted by molar-refractivity contribution is -0.138. The summed E-state index contributed by atoms with van der Waals surface area (Å²) in [4.78, 5) is 23.6. The number of aromatic nitrogens is 2. The Hall–Kier alpha value is -2.47. The van der Waals surface area contributed by atoms with Gasteiger partial charge in [0.15, 0.2) is 0 Å². The van der Waals surface area contributed by atoms with Crippen LogP contribution in [0.2, 0.25) is 5.15 Å². The maximum atomic E-state index is 13.0. The van der Waals surface area contributed by atoms with Crippen LogP contribution in [-0.2, 0) is 4.79 Å². The highest BCUT2D eigenvalue weighted by Crippen LogP contribution is 2.32. The summed E-state index contributed by atoms with van der Waals surface area (Å²) in [6.07, 6.45) is 5.80. The standard InChI is InChI=1S/C19H20ClN5O/c20-17-7-10-21-19(23-17)24-12-8-15(9-13-24)18(26)25-16(6-11-22-25)14-4-2-1-3-5-14/h1-5,7,10-11,15-16H,6,8-9,12-13H2/t16-/m0/s1. The Kier molecular flexibility index (Phi) is 4.84. The van der Waals surface area contributed by atoms with Crippen molar-refractivity contribution in [2.45, 2.75) is 25.3 Å². The van der Waals surface area contributed by atoms with Crippen LogP contribution in [0.25, 0.3) is 0 Å². The zero-order chi connectivity index (χ0) is 17.9. The van der Waals surface area contributed by atoms with Gasteiger partial charge >= 0.3 is 0 Å². The number of hydrogen-bond acceptors (Lipinski definition) is 5. The third kappa shape index (κ3) is 3.42. The number of rotatable bonds is 3. The van der Waals surface area contributed by atoms with E-state index in [1.165, 1.54) is 0 Å². The van der Waals surface area contributed by atoms with E-state index < -0.39 is 0 Å². The molecule has 0 unspecified atom stereocenters. The fourth-order valence-corrected chi connectivity index (χ4v) is 3.70. The Balaban J connectivity index is 1.41. The number of carbonyl (C=O) groups excluding carboxylic acids is 1. The molecule has 0 aliphatic carbocycles. The van der Waals surface area contributed by atoms with E-state index in [1.807, 2.05) is 24.4 Å². The highest BCUT2D eigenvalue weighted by molar-refractivity contribution is 6.29. The first-order valence-corrected chi connectivity index (χ1v) is 9.24. The van der Waals surface area contributed by atoms with Gasteiger partial charge in [0.05, 0.1) is 6.04 Å². The molecular weight excluding hydrogens is 350 g/mol. The molecule has 1 aromatic heterocycles. The van der Waals surface area contributed by atoms with E-state index in [2.05, 4.69) is 32.1 Å². The second-order valence-electron chi connectivity index (χ2n) is 6.58. The van der Waals surface area contributed by atoms with Crippen LogP contribution < -0.4 is 4.90 Å². The van der Waals surface area contributed by atoms with Gasteiger partial charge in [0.25, 0.3) is 0 Å². The van der Waals surface area contributed by atoms with Gasteiger partial charge in [0, 0.05) is 37.8 Å². The van der Waals surface area contributed by atoms with Gasteiger partial charge < -0.3 is 4.90 Å². The third-order valence-corrected chi connectivity index (χ3v) is 5.19. The predicted molar refractivity (Wildman–Crippen MR) is 101 cm³/mol. The minimum absolute atomic E-state index is 0.0120. The normalized spacial score (nSPS) is 20.6. The Labute approximate surface area is 157 Å². The molecule has 1 atom stereocenters. The molecule has 1 aromatic carbocycles. The van der Waals surface area contributed by atoms with E-state index in [1.54, 1.807) is 17.3 Å². The van der Waals surface area contributed by atoms with E-state index in [4.69, 9.17) is 11.6 Å². The highest BCUT2D eigenvalue weighted by atomic mass is 35.5. The molecule has 0 saturated carbocycles. The Bertz CT molecular complexity index is 805. The van der Waals surface area contributed by atoms with Crippen molar-refractivity contribution in [2.75, 3.05) is 18.0 Å². The summed E-state index contributed by atoms with van der Waals surface area (Å²) >= 11 is 5.95. The first kappa shape index (κ1) is 17.0. The zero-order valence-electron chi connectivity index (χ0n) is 14.3. The number of nitrogens with zero attached hydrogens (tertiary/aromatic N) is 5. The van der Waals surface area contributed by atoms with E-state index in [0.29, 0.717) is 11.1 Å². The topological polar surface area (TPSA) is 61.7 Å². The lowest BCUT2D eigenvalue weighted by atomic mass is 9.94. The van der Waals surface area contributed by atoms with Crippen molar-refractivity contribution in [3.05, 3.63) is 53.3 Å². The molecule has 2 aromatic rings. The second kappa shape index (κ2) is 7.41. The first-order valence-electron chi connectivity index (χ1n) is 8.86. The molecule has 7 heteroatoms. The van der Waals surface area contributed by atoms with E-state index in [0.717, 1.165) is 37.9 Å². The summed E-state index contributed by atoms with van der Waals surface area (Å²) in [7, 11) is 0. The Morgan fingerprint density at radius 1 is 1.12 bits per heavy atom. The van der Waals surface area contributed by atoms with Crippen molar-refractivity contribution in [1.82, 2.24) is 15.0 Å². The largest absolute Gasteiger partial charge is 0.341 e. The van der Waals surface area contributed by atoms with E-state index >= 15 is 0 Å². The number of anilines is 1. The van der Waals surface area contributed by atoms with Crippen LogP contribution in [0.5, 0.6) is 0 Å². The van der Waals surface area contributed by atoms with Crippen molar-refractivity contribution in [3.8, 4) is 0 Å². The van der Waals surface area contributed by atoms with Gasteiger partial charge in [-0.2, -0.15) is 5.10 Å². The summed E-state index contributed by atoms with van der Waals surface area (Å²) in [5.41, 5.74) is 1.13. The van der Waals surface area contributed by atoms with Gasteiger partial charge in [-0.15, -0.1) is 0 Å². The lowest BCUT2D eigenvalue weighted by Gasteiger charge is -2.33. The SMILES string of the molecule is O=C(C1CCN(c2nccc(Cl)n2)CC1)N1N=CC[C@H]1c1ccccc1. The number of hydrogen-bond donors (Lipinski definition) is 0. The van der Waals surface area contributed by atoms with Crippen LogP contribution in [0, 0.1) is 5.92 Å². The van der Waals surface area contributed by atoms with Crippen LogP contribution in [0.3, 0.4) is 0 Å². The minimum Gasteiger partial charge on any atom is -0.341 e. The van der Waals surface area contributed by atoms with Crippen molar-refractivity contribution >= 4 is 29.7 Å². The molecule has 0 radical (unpaired) electrons. The predicted octanol–water partition coefficient (Wildman–Crippen LogP) is 3.31. The van der Waals surface area contributed by atoms with Crippen molar-refractivity contribution in [1.29, 1.82) is 0 Å². The molecule has 0 spiro atoms. The van der Waals surface area contributed by atoms with Crippen LogP contribution in [0.4, 0.5) is 5.95 Å². The van der Waals surface area contributed by atoms with Gasteiger partial charge in [-0.25, -0.2) is 15.0 Å². The minimum atomic E-state index is -0.0214. The molecule has 3 heterocycles. The number of amides is 1. The van der Waals surface area contributed by atoms with Crippen LogP contribution in [-0.4, -0.2) is 40.2 Å². The summed E-state index contributed by atoms with van der Waals surface area (Å²) in [6.45, 7) is 1.48. The number of carbonyl (C=O) groups is 1. The summed E-state index contributed by atoms with van der Waals surface area (Å²) in [6, 6.07) is 11.8. The molecule has 26 heavy (non-hydrogen) atoms. The van der Waals surface area contributed by atoms with Crippen molar-refractivity contribution in [2.24, 2.45) is 11.0 Å². The molecule has 1 fully saturated rings. The molecular formula is C19H20ClN5O. The van der Waals surface area contributed by atoms with Crippen LogP contribution in [0.1, 0.15) is 30.9 Å². The van der Waals surface area contributed by atoms with Gasteiger partial charge in [-0.05, 0) is 24.5 Å². The maximum Gasteiger partial charge on any atom is 0.246 e. The average Bonchev–Trinajstić information content (AvgIpc) is 3.18. The lowest BCUT2D eigenvalue weighted by Crippen LogP contribution is -2.41. The summed E-state index contributed by atoms with van der Waals surface area (Å²) < 4.78 is 0. The van der Waals surface area contributed by atoms with Gasteiger partial charge in [0.2, 0.25) is 11.9 Å². The molecule has 6 nitrogen and oxygen atoms in total. The molecule has 134 valence electrons. The molecule has 2 aliphatic heterocycles. The molecule has 2 aliphatic rings. The molecule has 0 N–H and O–H groups in total. The number of hydrazone groups is 1. The van der Waals surface area contributed by atoms with E-state index in [9.17, 15) is 4.79 Å². The maximum absolute atomic E-state index is 13.0. The monoisotopic (exact) mass is 369 g/mol. The number of halogens is 1. The van der Waals surface area contributed by atoms with Gasteiger partial charge in [0.1, 0.15) is 5.15 Å².